The van der Waals surface area contributed by atoms with Crippen molar-refractivity contribution in [1.29, 1.82) is 0 Å². The van der Waals surface area contributed by atoms with Gasteiger partial charge < -0.3 is 14.6 Å². The molecule has 0 radical (unpaired) electrons. The molecule has 0 saturated carbocycles. The smallest absolute Gasteiger partial charge is 0.206 e. The number of rotatable bonds is 3. The van der Waals surface area contributed by atoms with E-state index in [1.807, 2.05) is 6.07 Å². The summed E-state index contributed by atoms with van der Waals surface area (Å²) in [6.45, 7) is 2.38. The van der Waals surface area contributed by atoms with Crippen molar-refractivity contribution in [2.24, 2.45) is 0 Å². The Bertz CT molecular complexity index is 843. The SMILES string of the molecule is OC1CCCN(c2nc3ccccc3n2Cc2ccc(Br)cc2)C1. The largest absolute Gasteiger partial charge is 0.391 e. The molecular weight excluding hydrogens is 366 g/mol. The van der Waals surface area contributed by atoms with Crippen molar-refractivity contribution in [3.63, 3.8) is 0 Å². The highest BCUT2D eigenvalue weighted by atomic mass is 79.9. The molecule has 0 spiro atoms. The summed E-state index contributed by atoms with van der Waals surface area (Å²) >= 11 is 3.49. The molecule has 0 amide bonds. The van der Waals surface area contributed by atoms with Crippen LogP contribution in [0.5, 0.6) is 0 Å². The van der Waals surface area contributed by atoms with Crippen molar-refractivity contribution in [3.8, 4) is 0 Å². The molecule has 4 nitrogen and oxygen atoms in total. The van der Waals surface area contributed by atoms with Gasteiger partial charge in [0.25, 0.3) is 0 Å². The predicted octanol–water partition coefficient (Wildman–Crippen LogP) is 3.81. The number of halogens is 1. The molecule has 3 aromatic rings. The van der Waals surface area contributed by atoms with Crippen LogP contribution in [0.15, 0.2) is 53.0 Å². The number of para-hydroxylation sites is 2. The summed E-state index contributed by atoms with van der Waals surface area (Å²) < 4.78 is 3.34. The first-order valence-corrected chi connectivity index (χ1v) is 9.13. The molecular formula is C19H20BrN3O. The third kappa shape index (κ3) is 3.06. The van der Waals surface area contributed by atoms with Crippen molar-refractivity contribution in [2.75, 3.05) is 18.0 Å². The van der Waals surface area contributed by atoms with Gasteiger partial charge in [-0.15, -0.1) is 0 Å². The molecule has 1 N–H and O–H groups in total. The van der Waals surface area contributed by atoms with Crippen LogP contribution in [0, 0.1) is 0 Å². The summed E-state index contributed by atoms with van der Waals surface area (Å²) in [5, 5.41) is 10.0. The van der Waals surface area contributed by atoms with Crippen LogP contribution in [0.1, 0.15) is 18.4 Å². The highest BCUT2D eigenvalue weighted by Crippen LogP contribution is 2.26. The molecule has 2 heterocycles. The van der Waals surface area contributed by atoms with Crippen LogP contribution in [-0.2, 0) is 6.54 Å². The number of piperidine rings is 1. The Labute approximate surface area is 149 Å². The van der Waals surface area contributed by atoms with Gasteiger partial charge in [-0.1, -0.05) is 40.2 Å². The maximum Gasteiger partial charge on any atom is 0.206 e. The number of fused-ring (bicyclic) bond motifs is 1. The quantitative estimate of drug-likeness (QED) is 0.745. The number of hydrogen-bond donors (Lipinski definition) is 1. The number of nitrogens with zero attached hydrogens (tertiary/aromatic N) is 3. The van der Waals surface area contributed by atoms with Gasteiger partial charge in [-0.25, -0.2) is 4.98 Å². The van der Waals surface area contributed by atoms with Crippen LogP contribution in [0.3, 0.4) is 0 Å². The fourth-order valence-corrected chi connectivity index (χ4v) is 3.63. The Morgan fingerprint density at radius 3 is 2.71 bits per heavy atom. The van der Waals surface area contributed by atoms with E-state index in [2.05, 4.69) is 67.9 Å². The van der Waals surface area contributed by atoms with E-state index in [0.29, 0.717) is 6.54 Å². The Balaban J connectivity index is 1.76. The van der Waals surface area contributed by atoms with Gasteiger partial charge in [-0.2, -0.15) is 0 Å². The number of aliphatic hydroxyl groups excluding tert-OH is 1. The molecule has 1 aliphatic rings. The van der Waals surface area contributed by atoms with Crippen molar-refractivity contribution in [2.45, 2.75) is 25.5 Å². The monoisotopic (exact) mass is 385 g/mol. The molecule has 1 aliphatic heterocycles. The van der Waals surface area contributed by atoms with Gasteiger partial charge in [0.2, 0.25) is 5.95 Å². The Kier molecular flexibility index (Phi) is 4.29. The Morgan fingerprint density at radius 1 is 1.12 bits per heavy atom. The molecule has 5 heteroatoms. The summed E-state index contributed by atoms with van der Waals surface area (Å²) in [5.41, 5.74) is 3.38. The first-order valence-electron chi connectivity index (χ1n) is 8.33. The highest BCUT2D eigenvalue weighted by Gasteiger charge is 2.23. The molecule has 1 unspecified atom stereocenters. The molecule has 0 bridgehead atoms. The average Bonchev–Trinajstić information content (AvgIpc) is 2.96. The molecule has 4 rings (SSSR count). The Morgan fingerprint density at radius 2 is 1.92 bits per heavy atom. The normalized spacial score (nSPS) is 18.2. The lowest BCUT2D eigenvalue weighted by molar-refractivity contribution is 0.153. The second kappa shape index (κ2) is 6.57. The van der Waals surface area contributed by atoms with Crippen LogP contribution < -0.4 is 4.90 Å². The van der Waals surface area contributed by atoms with E-state index in [0.717, 1.165) is 47.4 Å². The number of aromatic nitrogens is 2. The van der Waals surface area contributed by atoms with Crippen LogP contribution in [0.25, 0.3) is 11.0 Å². The number of hydrogen-bond acceptors (Lipinski definition) is 3. The zero-order valence-electron chi connectivity index (χ0n) is 13.4. The van der Waals surface area contributed by atoms with E-state index in [9.17, 15) is 5.11 Å². The summed E-state index contributed by atoms with van der Waals surface area (Å²) in [6.07, 6.45) is 1.62. The number of benzene rings is 2. The summed E-state index contributed by atoms with van der Waals surface area (Å²) in [6, 6.07) is 16.6. The first-order chi connectivity index (χ1) is 11.7. The van der Waals surface area contributed by atoms with Crippen molar-refractivity contribution in [3.05, 3.63) is 58.6 Å². The number of β-amino-alcohol motifs (C(OH)–C–C–N with tert-alkyl or cyclic N) is 1. The van der Waals surface area contributed by atoms with Crippen LogP contribution >= 0.6 is 15.9 Å². The van der Waals surface area contributed by atoms with E-state index in [1.54, 1.807) is 0 Å². The van der Waals surface area contributed by atoms with Gasteiger partial charge in [0.15, 0.2) is 0 Å². The Hall–Kier alpha value is -1.85. The van der Waals surface area contributed by atoms with Gasteiger partial charge in [-0.05, 0) is 42.7 Å². The summed E-state index contributed by atoms with van der Waals surface area (Å²) in [4.78, 5) is 7.07. The predicted molar refractivity (Wildman–Crippen MR) is 100 cm³/mol. The maximum absolute atomic E-state index is 10.0. The van der Waals surface area contributed by atoms with Gasteiger partial charge >= 0.3 is 0 Å². The van der Waals surface area contributed by atoms with Gasteiger partial charge in [-0.3, -0.25) is 0 Å². The lowest BCUT2D eigenvalue weighted by atomic mass is 10.1. The lowest BCUT2D eigenvalue weighted by Crippen LogP contribution is -2.39. The minimum absolute atomic E-state index is 0.264. The zero-order chi connectivity index (χ0) is 16.5. The molecule has 1 saturated heterocycles. The maximum atomic E-state index is 10.0. The van der Waals surface area contributed by atoms with E-state index in [4.69, 9.17) is 4.98 Å². The molecule has 2 aromatic carbocycles. The molecule has 1 aromatic heterocycles. The lowest BCUT2D eigenvalue weighted by Gasteiger charge is -2.31. The third-order valence-electron chi connectivity index (χ3n) is 4.57. The van der Waals surface area contributed by atoms with Gasteiger partial charge in [0, 0.05) is 17.6 Å². The van der Waals surface area contributed by atoms with Crippen LogP contribution in [-0.4, -0.2) is 33.9 Å². The number of aliphatic hydroxyl groups is 1. The van der Waals surface area contributed by atoms with Crippen molar-refractivity contribution in [1.82, 2.24) is 9.55 Å². The summed E-state index contributed by atoms with van der Waals surface area (Å²) in [5.74, 6) is 0.956. The minimum atomic E-state index is -0.264. The van der Waals surface area contributed by atoms with E-state index in [-0.39, 0.29) is 6.10 Å². The average molecular weight is 386 g/mol. The van der Waals surface area contributed by atoms with Crippen LogP contribution in [0.2, 0.25) is 0 Å². The first kappa shape index (κ1) is 15.7. The van der Waals surface area contributed by atoms with Crippen LogP contribution in [0.4, 0.5) is 5.95 Å². The number of anilines is 1. The second-order valence-corrected chi connectivity index (χ2v) is 7.27. The van der Waals surface area contributed by atoms with Gasteiger partial charge in [0.05, 0.1) is 23.7 Å². The molecule has 1 fully saturated rings. The van der Waals surface area contributed by atoms with Crippen molar-refractivity contribution < 1.29 is 5.11 Å². The molecule has 0 aliphatic carbocycles. The molecule has 24 heavy (non-hydrogen) atoms. The van der Waals surface area contributed by atoms with Crippen molar-refractivity contribution >= 4 is 32.9 Å². The third-order valence-corrected chi connectivity index (χ3v) is 5.10. The second-order valence-electron chi connectivity index (χ2n) is 6.36. The summed E-state index contributed by atoms with van der Waals surface area (Å²) in [7, 11) is 0. The topological polar surface area (TPSA) is 41.3 Å². The van der Waals surface area contributed by atoms with E-state index < -0.39 is 0 Å². The highest BCUT2D eigenvalue weighted by molar-refractivity contribution is 9.10. The molecule has 124 valence electrons. The zero-order valence-corrected chi connectivity index (χ0v) is 15.0. The standard InChI is InChI=1S/C19H20BrN3O/c20-15-9-7-14(8-10-15)12-23-18-6-2-1-5-17(18)21-19(23)22-11-3-4-16(24)13-22/h1-2,5-10,16,24H,3-4,11-13H2. The van der Waals surface area contributed by atoms with Gasteiger partial charge in [0.1, 0.15) is 0 Å². The molecule has 1 atom stereocenters. The minimum Gasteiger partial charge on any atom is -0.391 e. The fraction of sp³-hybridized carbons (Fsp3) is 0.316. The van der Waals surface area contributed by atoms with E-state index >= 15 is 0 Å². The van der Waals surface area contributed by atoms with E-state index in [1.165, 1.54) is 5.56 Å². The fourth-order valence-electron chi connectivity index (χ4n) is 3.37. The number of imidazole rings is 1.